The third kappa shape index (κ3) is 1.37. The maximum absolute atomic E-state index is 14.6. The highest BCUT2D eigenvalue weighted by Crippen LogP contribution is 2.65. The Hall–Kier alpha value is -1.06. The summed E-state index contributed by atoms with van der Waals surface area (Å²) in [4.78, 5) is 7.98. The maximum atomic E-state index is 14.6. The first-order valence-corrected chi connectivity index (χ1v) is 7.64. The molecule has 4 N–H and O–H groups in total. The van der Waals surface area contributed by atoms with Gasteiger partial charge >= 0.3 is 0 Å². The van der Waals surface area contributed by atoms with Crippen LogP contribution in [0.25, 0.3) is 10.2 Å². The number of fused-ring (bicyclic) bond motifs is 2. The van der Waals surface area contributed by atoms with E-state index >= 15 is 0 Å². The number of hydrogen-bond acceptors (Lipinski definition) is 7. The molecule has 2 aliphatic rings. The van der Waals surface area contributed by atoms with Crippen LogP contribution in [0.15, 0.2) is 11.7 Å². The van der Waals surface area contributed by atoms with Gasteiger partial charge in [0.2, 0.25) is 0 Å². The number of aromatic nitrogens is 2. The number of nitrogens with two attached hydrogens (primary N) is 1. The Morgan fingerprint density at radius 2 is 2.29 bits per heavy atom. The fraction of sp³-hybridized carbons (Fsp3) is 0.500. The van der Waals surface area contributed by atoms with Crippen molar-refractivity contribution in [1.82, 2.24) is 9.97 Å². The van der Waals surface area contributed by atoms with Crippen LogP contribution in [0.1, 0.15) is 11.7 Å². The summed E-state index contributed by atoms with van der Waals surface area (Å²) in [5, 5.41) is 21.7. The van der Waals surface area contributed by atoms with E-state index in [4.69, 9.17) is 22.1 Å². The van der Waals surface area contributed by atoms with E-state index in [9.17, 15) is 14.6 Å². The summed E-state index contributed by atoms with van der Waals surface area (Å²) in [6.45, 7) is 0. The highest BCUT2D eigenvalue weighted by molar-refractivity contribution is 7.17. The average Bonchev–Trinajstić information content (AvgIpc) is 2.82. The first-order valence-electron chi connectivity index (χ1n) is 6.23. The van der Waals surface area contributed by atoms with Crippen molar-refractivity contribution in [2.45, 2.75) is 29.6 Å². The molecule has 0 radical (unpaired) electrons. The molecular formula is C12H11ClFN3O3S. The Kier molecular flexibility index (Phi) is 2.60. The summed E-state index contributed by atoms with van der Waals surface area (Å²) in [6, 6.07) is 0. The van der Waals surface area contributed by atoms with Crippen LogP contribution in [-0.4, -0.2) is 49.5 Å². The molecule has 2 aromatic rings. The largest absolute Gasteiger partial charge is 0.387 e. The molecule has 4 rings (SSSR count). The number of rotatable bonds is 2. The molecule has 5 atom stereocenters. The number of aliphatic hydroxyl groups excluding tert-OH is 1. The Morgan fingerprint density at radius 1 is 1.52 bits per heavy atom. The van der Waals surface area contributed by atoms with Crippen LogP contribution in [0.2, 0.25) is 0 Å². The van der Waals surface area contributed by atoms with Crippen LogP contribution >= 0.6 is 22.9 Å². The molecule has 1 aliphatic carbocycles. The lowest BCUT2D eigenvalue weighted by Gasteiger charge is -2.19. The van der Waals surface area contributed by atoms with Gasteiger partial charge in [-0.15, -0.1) is 22.9 Å². The fourth-order valence-electron chi connectivity index (χ4n) is 3.08. The number of anilines is 1. The Bertz CT molecular complexity index is 742. The summed E-state index contributed by atoms with van der Waals surface area (Å²) in [5.41, 5.74) is 3.31. The van der Waals surface area contributed by atoms with Crippen molar-refractivity contribution in [2.24, 2.45) is 0 Å². The summed E-state index contributed by atoms with van der Waals surface area (Å²) in [5.74, 6) is 0.112. The molecule has 3 heterocycles. The van der Waals surface area contributed by atoms with E-state index in [2.05, 4.69) is 9.97 Å². The van der Waals surface area contributed by atoms with Gasteiger partial charge in [0.15, 0.2) is 11.8 Å². The molecule has 1 saturated heterocycles. The van der Waals surface area contributed by atoms with Gasteiger partial charge in [0.05, 0.1) is 16.1 Å². The fourth-order valence-corrected chi connectivity index (χ4v) is 4.45. The van der Waals surface area contributed by atoms with E-state index in [0.29, 0.717) is 21.6 Å². The Balaban J connectivity index is 1.80. The van der Waals surface area contributed by atoms with E-state index in [1.54, 1.807) is 5.38 Å². The highest BCUT2D eigenvalue weighted by Gasteiger charge is 2.87. The smallest absolute Gasteiger partial charge is 0.165 e. The number of thiophene rings is 1. The zero-order valence-corrected chi connectivity index (χ0v) is 12.1. The lowest BCUT2D eigenvalue weighted by Crippen LogP contribution is -2.31. The predicted octanol–water partition coefficient (Wildman–Crippen LogP) is 0.766. The second-order valence-corrected chi connectivity index (χ2v) is 6.47. The summed E-state index contributed by atoms with van der Waals surface area (Å²) in [6.07, 6.45) is -2.86. The molecule has 6 nitrogen and oxygen atoms in total. The van der Waals surface area contributed by atoms with Crippen molar-refractivity contribution in [3.05, 3.63) is 17.3 Å². The van der Waals surface area contributed by atoms with E-state index in [1.807, 2.05) is 0 Å². The lowest BCUT2D eigenvalue weighted by atomic mass is 10.0. The molecule has 0 amide bonds. The topological polar surface area (TPSA) is 101 Å². The number of halogens is 2. The third-order valence-corrected chi connectivity index (χ3v) is 5.80. The number of nitrogen functional groups attached to an aromatic ring is 1. The van der Waals surface area contributed by atoms with E-state index in [-0.39, 0.29) is 5.88 Å². The van der Waals surface area contributed by atoms with Crippen molar-refractivity contribution in [3.63, 3.8) is 0 Å². The number of alkyl halides is 2. The van der Waals surface area contributed by atoms with Crippen molar-refractivity contribution in [1.29, 1.82) is 0 Å². The van der Waals surface area contributed by atoms with E-state index in [0.717, 1.165) is 0 Å². The van der Waals surface area contributed by atoms with Gasteiger partial charge in [0.1, 0.15) is 30.0 Å². The molecule has 1 saturated carbocycles. The number of aliphatic hydroxyl groups is 2. The van der Waals surface area contributed by atoms with Crippen molar-refractivity contribution >= 4 is 39.0 Å². The minimum Gasteiger partial charge on any atom is -0.387 e. The lowest BCUT2D eigenvalue weighted by molar-refractivity contribution is -0.0492. The standard InChI is InChI=1S/C12H11ClFN3O3S/c13-2-11-10(18)12(11,19)8(14)6(20-11)4-1-21-7-5(4)16-3-17-9(7)15/h1,3,6,8,10,18-19H,2H2,(H2,15,16,17)/t6-,8-,10?,11+,12+/m0/s1. The third-order valence-electron chi connectivity index (χ3n) is 4.39. The molecule has 2 aromatic heterocycles. The molecule has 0 spiro atoms. The normalized spacial score (nSPS) is 41.4. The predicted molar refractivity (Wildman–Crippen MR) is 75.0 cm³/mol. The highest BCUT2D eigenvalue weighted by atomic mass is 35.5. The zero-order chi connectivity index (χ0) is 15.0. The van der Waals surface area contributed by atoms with Crippen LogP contribution in [0.3, 0.4) is 0 Å². The van der Waals surface area contributed by atoms with Gasteiger partial charge in [-0.25, -0.2) is 14.4 Å². The summed E-state index contributed by atoms with van der Waals surface area (Å²) in [7, 11) is 0. The number of nitrogens with zero attached hydrogens (tertiary/aromatic N) is 2. The minimum atomic E-state index is -1.97. The summed E-state index contributed by atoms with van der Waals surface area (Å²) >= 11 is 7.03. The Morgan fingerprint density at radius 3 is 2.95 bits per heavy atom. The van der Waals surface area contributed by atoms with Gasteiger partial charge < -0.3 is 20.7 Å². The SMILES string of the molecule is Nc1ncnc2c([C@@H]3O[C@]4(CCl)C(O)[C@]4(O)[C@H]3F)csc12. The second-order valence-electron chi connectivity index (χ2n) is 5.32. The van der Waals surface area contributed by atoms with Crippen LogP contribution < -0.4 is 5.73 Å². The van der Waals surface area contributed by atoms with Gasteiger partial charge in [-0.3, -0.25) is 0 Å². The van der Waals surface area contributed by atoms with E-state index in [1.165, 1.54) is 17.7 Å². The molecule has 0 aromatic carbocycles. The quantitative estimate of drug-likeness (QED) is 0.702. The molecule has 0 bridgehead atoms. The van der Waals surface area contributed by atoms with Crippen LogP contribution in [0.5, 0.6) is 0 Å². The van der Waals surface area contributed by atoms with Gasteiger partial charge in [-0.1, -0.05) is 0 Å². The van der Waals surface area contributed by atoms with Gasteiger partial charge in [-0.05, 0) is 5.38 Å². The minimum absolute atomic E-state index is 0.194. The molecule has 1 aliphatic heterocycles. The zero-order valence-electron chi connectivity index (χ0n) is 10.5. The first-order chi connectivity index (χ1) is 9.97. The van der Waals surface area contributed by atoms with Crippen LogP contribution in [0.4, 0.5) is 10.2 Å². The molecule has 21 heavy (non-hydrogen) atoms. The van der Waals surface area contributed by atoms with Crippen LogP contribution in [0, 0.1) is 0 Å². The maximum Gasteiger partial charge on any atom is 0.165 e. The van der Waals surface area contributed by atoms with Crippen molar-refractivity contribution in [2.75, 3.05) is 11.6 Å². The average molecular weight is 332 g/mol. The monoisotopic (exact) mass is 331 g/mol. The van der Waals surface area contributed by atoms with Crippen molar-refractivity contribution in [3.8, 4) is 0 Å². The molecular weight excluding hydrogens is 321 g/mol. The molecule has 112 valence electrons. The number of hydrogen-bond donors (Lipinski definition) is 3. The van der Waals surface area contributed by atoms with Gasteiger partial charge in [-0.2, -0.15) is 0 Å². The van der Waals surface area contributed by atoms with Gasteiger partial charge in [0, 0.05) is 5.56 Å². The molecule has 2 fully saturated rings. The second kappa shape index (κ2) is 4.02. The Labute approximate surface area is 127 Å². The number of ether oxygens (including phenoxy) is 1. The molecule has 9 heteroatoms. The first kappa shape index (κ1) is 13.6. The molecule has 1 unspecified atom stereocenters. The van der Waals surface area contributed by atoms with E-state index < -0.39 is 29.6 Å². The summed E-state index contributed by atoms with van der Waals surface area (Å²) < 4.78 is 20.8. The van der Waals surface area contributed by atoms with Crippen molar-refractivity contribution < 1.29 is 19.3 Å². The van der Waals surface area contributed by atoms with Crippen LogP contribution in [-0.2, 0) is 4.74 Å². The van der Waals surface area contributed by atoms with Gasteiger partial charge in [0.25, 0.3) is 0 Å².